The second-order valence-corrected chi connectivity index (χ2v) is 7.00. The molecule has 3 rings (SSSR count). The molecule has 4 nitrogen and oxygen atoms in total. The first kappa shape index (κ1) is 17.4. The highest BCUT2D eigenvalue weighted by Gasteiger charge is 2.26. The van der Waals surface area contributed by atoms with Crippen LogP contribution in [0.1, 0.15) is 44.1 Å². The predicted octanol–water partition coefficient (Wildman–Crippen LogP) is 3.07. The van der Waals surface area contributed by atoms with Gasteiger partial charge >= 0.3 is 0 Å². The summed E-state index contributed by atoms with van der Waals surface area (Å²) in [6.45, 7) is 5.45. The Hall–Kier alpha value is -1.39. The number of carbonyl (C=O) groups is 1. The lowest BCUT2D eigenvalue weighted by Gasteiger charge is -2.26. The molecule has 0 aliphatic carbocycles. The van der Waals surface area contributed by atoms with Crippen LogP contribution < -0.4 is 0 Å². The third-order valence-corrected chi connectivity index (χ3v) is 5.28. The van der Waals surface area contributed by atoms with Gasteiger partial charge in [0.15, 0.2) is 0 Å². The Bertz CT molecular complexity index is 500. The Kier molecular flexibility index (Phi) is 6.67. The number of benzene rings is 1. The van der Waals surface area contributed by atoms with Crippen molar-refractivity contribution in [3.63, 3.8) is 0 Å². The van der Waals surface area contributed by atoms with Crippen LogP contribution in [0.3, 0.4) is 0 Å². The molecule has 2 saturated heterocycles. The van der Waals surface area contributed by atoms with Crippen molar-refractivity contribution in [1.29, 1.82) is 0 Å². The van der Waals surface area contributed by atoms with Crippen molar-refractivity contribution in [2.75, 3.05) is 32.8 Å². The van der Waals surface area contributed by atoms with Gasteiger partial charge in [0.25, 0.3) is 0 Å². The maximum absolute atomic E-state index is 12.4. The van der Waals surface area contributed by atoms with E-state index in [2.05, 4.69) is 21.9 Å². The molecular formula is C20H30N2O2. The van der Waals surface area contributed by atoms with Crippen molar-refractivity contribution in [2.24, 2.45) is 0 Å². The summed E-state index contributed by atoms with van der Waals surface area (Å²) in [5.74, 6) is 0.255. The fourth-order valence-corrected chi connectivity index (χ4v) is 3.88. The van der Waals surface area contributed by atoms with Gasteiger partial charge in [-0.3, -0.25) is 4.79 Å². The van der Waals surface area contributed by atoms with Crippen LogP contribution in [0.15, 0.2) is 30.3 Å². The molecule has 0 N–H and O–H groups in total. The smallest absolute Gasteiger partial charge is 0.224 e. The molecule has 0 unspecified atom stereocenters. The normalized spacial score (nSPS) is 22.5. The molecule has 0 bridgehead atoms. The quantitative estimate of drug-likeness (QED) is 0.752. The summed E-state index contributed by atoms with van der Waals surface area (Å²) in [7, 11) is 0. The van der Waals surface area contributed by atoms with Crippen LogP contribution in [0.4, 0.5) is 0 Å². The van der Waals surface area contributed by atoms with Gasteiger partial charge in [0.05, 0.1) is 19.6 Å². The van der Waals surface area contributed by atoms with Crippen molar-refractivity contribution in [2.45, 2.75) is 51.2 Å². The molecule has 2 heterocycles. The van der Waals surface area contributed by atoms with Crippen molar-refractivity contribution in [3.8, 4) is 0 Å². The molecule has 1 aromatic carbocycles. The Morgan fingerprint density at radius 1 is 1.00 bits per heavy atom. The molecule has 132 valence electrons. The maximum Gasteiger partial charge on any atom is 0.224 e. The molecule has 24 heavy (non-hydrogen) atoms. The van der Waals surface area contributed by atoms with Gasteiger partial charge in [-0.25, -0.2) is 0 Å². The molecule has 0 radical (unpaired) electrons. The Morgan fingerprint density at radius 3 is 2.58 bits per heavy atom. The van der Waals surface area contributed by atoms with E-state index >= 15 is 0 Å². The van der Waals surface area contributed by atoms with Crippen molar-refractivity contribution in [3.05, 3.63) is 35.9 Å². The average Bonchev–Trinajstić information content (AvgIpc) is 3.04. The number of nitrogens with zero attached hydrogens (tertiary/aromatic N) is 2. The summed E-state index contributed by atoms with van der Waals surface area (Å²) in [5.41, 5.74) is 1.16. The molecule has 0 spiro atoms. The van der Waals surface area contributed by atoms with E-state index in [0.29, 0.717) is 25.7 Å². The second-order valence-electron chi connectivity index (χ2n) is 7.00. The molecule has 2 fully saturated rings. The third-order valence-electron chi connectivity index (χ3n) is 5.28. The summed E-state index contributed by atoms with van der Waals surface area (Å²) in [4.78, 5) is 17.1. The fraction of sp³-hybridized carbons (Fsp3) is 0.650. The number of rotatable bonds is 6. The minimum Gasteiger partial charge on any atom is -0.376 e. The highest BCUT2D eigenvalue weighted by Crippen LogP contribution is 2.21. The molecule has 1 atom stereocenters. The summed E-state index contributed by atoms with van der Waals surface area (Å²) < 4.78 is 5.66. The van der Waals surface area contributed by atoms with Crippen LogP contribution in [0.2, 0.25) is 0 Å². The molecule has 1 aromatic rings. The first-order valence-corrected chi connectivity index (χ1v) is 9.46. The zero-order valence-electron chi connectivity index (χ0n) is 14.7. The number of likely N-dealkylation sites (tertiary alicyclic amines) is 2. The molecule has 1 amide bonds. The zero-order valence-corrected chi connectivity index (χ0v) is 14.7. The summed E-state index contributed by atoms with van der Waals surface area (Å²) in [6, 6.07) is 10.8. The van der Waals surface area contributed by atoms with Crippen LogP contribution in [0.25, 0.3) is 0 Å². The second kappa shape index (κ2) is 9.19. The number of amides is 1. The molecule has 0 saturated carbocycles. The largest absolute Gasteiger partial charge is 0.376 e. The van der Waals surface area contributed by atoms with Crippen LogP contribution in [0.5, 0.6) is 0 Å². The van der Waals surface area contributed by atoms with E-state index in [1.807, 2.05) is 18.2 Å². The zero-order chi connectivity index (χ0) is 16.6. The fourth-order valence-electron chi connectivity index (χ4n) is 3.88. The lowest BCUT2D eigenvalue weighted by molar-refractivity contribution is -0.132. The van der Waals surface area contributed by atoms with Gasteiger partial charge in [-0.2, -0.15) is 0 Å². The molecule has 4 heteroatoms. The average molecular weight is 330 g/mol. The van der Waals surface area contributed by atoms with E-state index in [4.69, 9.17) is 4.74 Å². The van der Waals surface area contributed by atoms with E-state index in [1.165, 1.54) is 32.4 Å². The van der Waals surface area contributed by atoms with Crippen LogP contribution >= 0.6 is 0 Å². The third kappa shape index (κ3) is 5.05. The predicted molar refractivity (Wildman–Crippen MR) is 95.7 cm³/mol. The highest BCUT2D eigenvalue weighted by atomic mass is 16.5. The van der Waals surface area contributed by atoms with Gasteiger partial charge in [0.2, 0.25) is 5.91 Å². The van der Waals surface area contributed by atoms with Crippen LogP contribution in [-0.2, 0) is 16.1 Å². The van der Waals surface area contributed by atoms with Crippen LogP contribution in [0, 0.1) is 0 Å². The Labute approximate surface area is 145 Å². The van der Waals surface area contributed by atoms with Gasteiger partial charge in [-0.15, -0.1) is 0 Å². The SMILES string of the molecule is O=C(CCOCc1ccccc1)N1CCC[C@H](N2CCCC2)CC1. The van der Waals surface area contributed by atoms with E-state index in [-0.39, 0.29) is 5.91 Å². The van der Waals surface area contributed by atoms with Gasteiger partial charge in [-0.1, -0.05) is 30.3 Å². The summed E-state index contributed by atoms with van der Waals surface area (Å²) in [5, 5.41) is 0. The molecule has 0 aromatic heterocycles. The first-order chi connectivity index (χ1) is 11.8. The molecular weight excluding hydrogens is 300 g/mol. The van der Waals surface area contributed by atoms with Crippen molar-refractivity contribution < 1.29 is 9.53 Å². The summed E-state index contributed by atoms with van der Waals surface area (Å²) >= 11 is 0. The van der Waals surface area contributed by atoms with E-state index in [1.54, 1.807) is 0 Å². The van der Waals surface area contributed by atoms with Gasteiger partial charge < -0.3 is 14.5 Å². The lowest BCUT2D eigenvalue weighted by atomic mass is 10.1. The highest BCUT2D eigenvalue weighted by molar-refractivity contribution is 5.76. The molecule has 2 aliphatic heterocycles. The van der Waals surface area contributed by atoms with E-state index in [0.717, 1.165) is 31.5 Å². The standard InChI is InChI=1S/C20H30N2O2/c23-20(11-16-24-17-18-7-2-1-3-8-18)22-14-6-9-19(10-15-22)21-12-4-5-13-21/h1-3,7-8,19H,4-6,9-17H2/t19-/m0/s1. The number of hydrogen-bond donors (Lipinski definition) is 0. The minimum atomic E-state index is 0.255. The number of hydrogen-bond acceptors (Lipinski definition) is 3. The Balaban J connectivity index is 1.35. The summed E-state index contributed by atoms with van der Waals surface area (Å²) in [6.07, 6.45) is 6.71. The monoisotopic (exact) mass is 330 g/mol. The van der Waals surface area contributed by atoms with Crippen molar-refractivity contribution in [1.82, 2.24) is 9.80 Å². The van der Waals surface area contributed by atoms with Crippen LogP contribution in [-0.4, -0.2) is 54.5 Å². The van der Waals surface area contributed by atoms with Gasteiger partial charge in [0.1, 0.15) is 0 Å². The maximum atomic E-state index is 12.4. The lowest BCUT2D eigenvalue weighted by Crippen LogP contribution is -2.35. The van der Waals surface area contributed by atoms with E-state index < -0.39 is 0 Å². The topological polar surface area (TPSA) is 32.8 Å². The van der Waals surface area contributed by atoms with Gasteiger partial charge in [0, 0.05) is 19.1 Å². The van der Waals surface area contributed by atoms with Crippen molar-refractivity contribution >= 4 is 5.91 Å². The number of ether oxygens (including phenoxy) is 1. The number of carbonyl (C=O) groups excluding carboxylic acids is 1. The van der Waals surface area contributed by atoms with E-state index in [9.17, 15) is 4.79 Å². The molecule has 2 aliphatic rings. The Morgan fingerprint density at radius 2 is 1.79 bits per heavy atom. The minimum absolute atomic E-state index is 0.255. The van der Waals surface area contributed by atoms with Gasteiger partial charge in [-0.05, 0) is 50.8 Å². The first-order valence-electron chi connectivity index (χ1n) is 9.46.